The van der Waals surface area contributed by atoms with E-state index in [1.165, 1.54) is 58.4 Å². The summed E-state index contributed by atoms with van der Waals surface area (Å²) in [6.45, 7) is 11.1. The van der Waals surface area contributed by atoms with Gasteiger partial charge in [-0.15, -0.1) is 0 Å². The Hall–Kier alpha value is -1.10. The molecule has 0 bridgehead atoms. The van der Waals surface area contributed by atoms with Crippen LogP contribution in [0.1, 0.15) is 32.6 Å². The van der Waals surface area contributed by atoms with Crippen LogP contribution in [0, 0.1) is 11.3 Å². The van der Waals surface area contributed by atoms with Gasteiger partial charge >= 0.3 is 0 Å². The third-order valence-electron chi connectivity index (χ3n) is 7.04. The topological polar surface area (TPSA) is 24.9 Å². The van der Waals surface area contributed by atoms with Crippen LogP contribution in [0.25, 0.3) is 0 Å². The monoisotopic (exact) mass is 358 g/mol. The molecule has 0 saturated carbocycles. The van der Waals surface area contributed by atoms with Crippen LogP contribution in [0.5, 0.6) is 5.75 Å². The highest BCUT2D eigenvalue weighted by atomic mass is 16.5. The van der Waals surface area contributed by atoms with Gasteiger partial charge in [0.05, 0.1) is 6.61 Å². The van der Waals surface area contributed by atoms with Gasteiger partial charge in [-0.25, -0.2) is 0 Å². The van der Waals surface area contributed by atoms with Crippen molar-refractivity contribution in [3.05, 3.63) is 30.3 Å². The van der Waals surface area contributed by atoms with Gasteiger partial charge in [0, 0.05) is 38.3 Å². The van der Waals surface area contributed by atoms with E-state index in [0.717, 1.165) is 31.6 Å². The summed E-state index contributed by atoms with van der Waals surface area (Å²) >= 11 is 0. The fourth-order valence-corrected chi connectivity index (χ4v) is 5.24. The average molecular weight is 359 g/mol. The predicted octanol–water partition coefficient (Wildman–Crippen LogP) is 3.28. The summed E-state index contributed by atoms with van der Waals surface area (Å²) in [5.74, 6) is 1.63. The molecule has 3 aliphatic rings. The van der Waals surface area contributed by atoms with Crippen molar-refractivity contribution in [2.45, 2.75) is 38.6 Å². The van der Waals surface area contributed by atoms with E-state index in [1.807, 2.05) is 6.07 Å². The van der Waals surface area contributed by atoms with Crippen molar-refractivity contribution in [3.8, 4) is 5.75 Å². The molecule has 1 atom stereocenters. The van der Waals surface area contributed by atoms with E-state index in [1.54, 1.807) is 0 Å². The number of para-hydroxylation sites is 1. The molecule has 1 aromatic carbocycles. The third kappa shape index (κ3) is 3.92. The second kappa shape index (κ2) is 8.28. The minimum absolute atomic E-state index is 0.398. The van der Waals surface area contributed by atoms with Crippen molar-refractivity contribution in [2.24, 2.45) is 11.3 Å². The highest BCUT2D eigenvalue weighted by Gasteiger charge is 2.49. The van der Waals surface area contributed by atoms with Gasteiger partial charge in [-0.3, -0.25) is 4.90 Å². The van der Waals surface area contributed by atoms with E-state index in [9.17, 15) is 0 Å². The first-order chi connectivity index (χ1) is 12.8. The zero-order valence-electron chi connectivity index (χ0n) is 16.2. The van der Waals surface area contributed by atoms with Crippen molar-refractivity contribution in [1.82, 2.24) is 9.80 Å². The molecule has 4 nitrogen and oxygen atoms in total. The van der Waals surface area contributed by atoms with Crippen LogP contribution in [-0.4, -0.2) is 68.4 Å². The molecule has 1 aromatic rings. The van der Waals surface area contributed by atoms with Crippen LogP contribution in [0.2, 0.25) is 0 Å². The first-order valence-electron chi connectivity index (χ1n) is 10.5. The molecule has 0 radical (unpaired) electrons. The maximum atomic E-state index is 6.21. The molecule has 3 aliphatic heterocycles. The second-order valence-corrected chi connectivity index (χ2v) is 8.39. The maximum Gasteiger partial charge on any atom is 0.119 e. The summed E-state index contributed by atoms with van der Waals surface area (Å²) in [6.07, 6.45) is 5.04. The molecular formula is C22H34N2O2. The van der Waals surface area contributed by atoms with Crippen LogP contribution in [0.4, 0.5) is 0 Å². The summed E-state index contributed by atoms with van der Waals surface area (Å²) in [4.78, 5) is 5.39. The summed E-state index contributed by atoms with van der Waals surface area (Å²) in [7, 11) is 0. The number of piperidine rings is 1. The average Bonchev–Trinajstić information content (AvgIpc) is 3.05. The Balaban J connectivity index is 1.41. The highest BCUT2D eigenvalue weighted by Crippen LogP contribution is 2.45. The Kier molecular flexibility index (Phi) is 5.82. The molecule has 26 heavy (non-hydrogen) atoms. The Morgan fingerprint density at radius 2 is 1.85 bits per heavy atom. The molecule has 3 heterocycles. The number of likely N-dealkylation sites (tertiary alicyclic amines) is 2. The standard InChI is InChI=1S/C22H34N2O2/c1-2-23-12-8-20(9-13-23)24-16-19(17-26-21-6-4-3-5-7-21)22(18-24)10-14-25-15-11-22/h3-7,19-20H,2,8-18H2,1H3. The summed E-state index contributed by atoms with van der Waals surface area (Å²) in [6, 6.07) is 11.1. The lowest BCUT2D eigenvalue weighted by Gasteiger charge is -2.39. The van der Waals surface area contributed by atoms with Gasteiger partial charge in [0.25, 0.3) is 0 Å². The van der Waals surface area contributed by atoms with Crippen molar-refractivity contribution in [3.63, 3.8) is 0 Å². The second-order valence-electron chi connectivity index (χ2n) is 8.39. The van der Waals surface area contributed by atoms with E-state index < -0.39 is 0 Å². The van der Waals surface area contributed by atoms with Gasteiger partial charge in [-0.2, -0.15) is 0 Å². The van der Waals surface area contributed by atoms with E-state index in [4.69, 9.17) is 9.47 Å². The Morgan fingerprint density at radius 1 is 1.12 bits per heavy atom. The van der Waals surface area contributed by atoms with E-state index in [-0.39, 0.29) is 0 Å². The molecule has 4 heteroatoms. The number of benzene rings is 1. The van der Waals surface area contributed by atoms with Crippen molar-refractivity contribution in [2.75, 3.05) is 52.5 Å². The summed E-state index contributed by atoms with van der Waals surface area (Å²) in [5.41, 5.74) is 0.398. The largest absolute Gasteiger partial charge is 0.493 e. The quantitative estimate of drug-likeness (QED) is 0.806. The smallest absolute Gasteiger partial charge is 0.119 e. The lowest BCUT2D eigenvalue weighted by molar-refractivity contribution is -0.0109. The van der Waals surface area contributed by atoms with Crippen LogP contribution < -0.4 is 4.74 Å². The summed E-state index contributed by atoms with van der Waals surface area (Å²) in [5, 5.41) is 0. The van der Waals surface area contributed by atoms with Crippen LogP contribution in [-0.2, 0) is 4.74 Å². The fraction of sp³-hybridized carbons (Fsp3) is 0.727. The molecular weight excluding hydrogens is 324 g/mol. The number of rotatable bonds is 5. The third-order valence-corrected chi connectivity index (χ3v) is 7.04. The number of hydrogen-bond donors (Lipinski definition) is 0. The molecule has 1 spiro atoms. The van der Waals surface area contributed by atoms with Gasteiger partial charge in [-0.1, -0.05) is 25.1 Å². The lowest BCUT2D eigenvalue weighted by Crippen LogP contribution is -2.45. The van der Waals surface area contributed by atoms with Crippen molar-refractivity contribution < 1.29 is 9.47 Å². The number of nitrogens with zero attached hydrogens (tertiary/aromatic N) is 2. The van der Waals surface area contributed by atoms with E-state index in [0.29, 0.717) is 11.3 Å². The minimum Gasteiger partial charge on any atom is -0.493 e. The van der Waals surface area contributed by atoms with Gasteiger partial charge in [0.1, 0.15) is 5.75 Å². The van der Waals surface area contributed by atoms with Crippen LogP contribution in [0.3, 0.4) is 0 Å². The summed E-state index contributed by atoms with van der Waals surface area (Å²) < 4.78 is 11.9. The van der Waals surface area contributed by atoms with Crippen molar-refractivity contribution in [1.29, 1.82) is 0 Å². The predicted molar refractivity (Wildman–Crippen MR) is 105 cm³/mol. The first kappa shape index (κ1) is 18.3. The number of hydrogen-bond acceptors (Lipinski definition) is 4. The van der Waals surface area contributed by atoms with Gasteiger partial charge in [0.15, 0.2) is 0 Å². The van der Waals surface area contributed by atoms with Crippen LogP contribution >= 0.6 is 0 Å². The Morgan fingerprint density at radius 3 is 2.54 bits per heavy atom. The van der Waals surface area contributed by atoms with E-state index in [2.05, 4.69) is 41.0 Å². The normalized spacial score (nSPS) is 27.8. The fourth-order valence-electron chi connectivity index (χ4n) is 5.24. The molecule has 0 N–H and O–H groups in total. The SMILES string of the molecule is CCN1CCC(N2CC(COc3ccccc3)C3(CCOCC3)C2)CC1. The molecule has 0 aromatic heterocycles. The van der Waals surface area contributed by atoms with Gasteiger partial charge in [0.2, 0.25) is 0 Å². The molecule has 0 aliphatic carbocycles. The molecule has 1 unspecified atom stereocenters. The molecule has 0 amide bonds. The number of ether oxygens (including phenoxy) is 2. The Labute approximate surface area is 158 Å². The molecule has 144 valence electrons. The van der Waals surface area contributed by atoms with E-state index >= 15 is 0 Å². The van der Waals surface area contributed by atoms with Crippen LogP contribution in [0.15, 0.2) is 30.3 Å². The zero-order valence-corrected chi connectivity index (χ0v) is 16.2. The maximum absolute atomic E-state index is 6.21. The van der Waals surface area contributed by atoms with Crippen molar-refractivity contribution >= 4 is 0 Å². The highest BCUT2D eigenvalue weighted by molar-refractivity contribution is 5.21. The minimum atomic E-state index is 0.398. The van der Waals surface area contributed by atoms with Gasteiger partial charge < -0.3 is 14.4 Å². The Bertz CT molecular complexity index is 551. The molecule has 4 rings (SSSR count). The van der Waals surface area contributed by atoms with Gasteiger partial charge in [-0.05, 0) is 62.9 Å². The zero-order chi connectivity index (χ0) is 17.8. The lowest BCUT2D eigenvalue weighted by atomic mass is 9.72. The molecule has 3 saturated heterocycles. The molecule has 3 fully saturated rings. The first-order valence-corrected chi connectivity index (χ1v) is 10.5.